The number of aromatic hydroxyl groups is 1. The van der Waals surface area contributed by atoms with Crippen LogP contribution in [0.15, 0.2) is 84.4 Å². The van der Waals surface area contributed by atoms with E-state index in [2.05, 4.69) is 38.3 Å². The predicted molar refractivity (Wildman–Crippen MR) is 167 cm³/mol. The van der Waals surface area contributed by atoms with Gasteiger partial charge in [-0.1, -0.05) is 15.1 Å². The molecule has 0 saturated heterocycles. The lowest BCUT2D eigenvalue weighted by Crippen LogP contribution is -2.02. The molecule has 0 atom stereocenters. The summed E-state index contributed by atoms with van der Waals surface area (Å²) in [6.45, 7) is 0. The van der Waals surface area contributed by atoms with Crippen LogP contribution >= 0.6 is 36.1 Å². The van der Waals surface area contributed by atoms with Crippen molar-refractivity contribution in [3.05, 3.63) is 74.8 Å². The number of fused-ring (bicyclic) bond motifs is 1. The van der Waals surface area contributed by atoms with E-state index in [1.807, 2.05) is 0 Å². The van der Waals surface area contributed by atoms with E-state index < -0.39 is 42.0 Å². The summed E-state index contributed by atoms with van der Waals surface area (Å²) in [4.78, 5) is 19.7. The molecule has 0 saturated carbocycles. The first kappa shape index (κ1) is 39.0. The molecule has 4 aromatic rings. The molecular formula is C22H18N6O17S4. The number of nitro benzene ring substituents is 2. The Hall–Kier alpha value is -4.46. The summed E-state index contributed by atoms with van der Waals surface area (Å²) in [5, 5.41) is 74.2. The number of hydrogen-bond donors (Lipinski definition) is 7. The highest BCUT2D eigenvalue weighted by molar-refractivity contribution is 7.95. The molecule has 23 nitrogen and oxygen atoms in total. The zero-order valence-electron chi connectivity index (χ0n) is 23.4. The van der Waals surface area contributed by atoms with Crippen molar-refractivity contribution < 1.29 is 71.8 Å². The van der Waals surface area contributed by atoms with Crippen molar-refractivity contribution in [3.8, 4) is 5.75 Å². The molecular weight excluding hydrogens is 749 g/mol. The van der Waals surface area contributed by atoms with Gasteiger partial charge in [0.15, 0.2) is 0 Å². The molecule has 0 fully saturated rings. The smallest absolute Gasteiger partial charge is 0.296 e. The third-order valence-electron chi connectivity index (χ3n) is 5.53. The van der Waals surface area contributed by atoms with Crippen LogP contribution in [0, 0.1) is 20.2 Å². The number of rotatable bonds is 14. The number of anilines is 2. The minimum absolute atomic E-state index is 0.0400. The Balaban J connectivity index is 0.000000388. The van der Waals surface area contributed by atoms with Crippen molar-refractivity contribution in [1.29, 1.82) is 0 Å². The van der Waals surface area contributed by atoms with E-state index in [1.165, 1.54) is 24.3 Å². The van der Waals surface area contributed by atoms with Crippen LogP contribution in [-0.4, -0.2) is 43.7 Å². The fraction of sp³-hybridized carbons (Fsp3) is 0. The molecule has 4 aromatic carbocycles. The molecule has 0 unspecified atom stereocenters. The zero-order chi connectivity index (χ0) is 36.3. The lowest BCUT2D eigenvalue weighted by atomic mass is 10.1. The molecule has 0 heterocycles. The third-order valence-corrected chi connectivity index (χ3v) is 8.25. The molecule has 0 aliphatic heterocycles. The second kappa shape index (κ2) is 17.8. The SMILES string of the molecule is Nc1c(N=Nc2ccc([N+](=O)[O-])cc2SOOO)c(S(=O)(=O)O)cc2cc(SOOO)cc(O)c12.Nc1ccc([N+](=O)[O-])cc1SOOO. The van der Waals surface area contributed by atoms with Crippen molar-refractivity contribution in [2.75, 3.05) is 11.5 Å². The van der Waals surface area contributed by atoms with Gasteiger partial charge in [0, 0.05) is 40.2 Å². The Labute approximate surface area is 284 Å². The molecule has 0 spiro atoms. The van der Waals surface area contributed by atoms with Gasteiger partial charge >= 0.3 is 0 Å². The monoisotopic (exact) mass is 766 g/mol. The van der Waals surface area contributed by atoms with E-state index in [4.69, 9.17) is 27.2 Å². The van der Waals surface area contributed by atoms with Crippen LogP contribution in [0.25, 0.3) is 10.8 Å². The largest absolute Gasteiger partial charge is 0.507 e. The topological polar surface area (TPSA) is 354 Å². The highest BCUT2D eigenvalue weighted by Crippen LogP contribution is 2.44. The number of benzene rings is 4. The number of nitrogen functional groups attached to an aromatic ring is 2. The fourth-order valence-electron chi connectivity index (χ4n) is 3.57. The number of nitrogens with zero attached hydrogens (tertiary/aromatic N) is 4. The second-order valence-corrected chi connectivity index (χ2v) is 12.1. The number of phenols is 1. The first-order valence-corrected chi connectivity index (χ1v) is 15.6. The molecule has 0 aliphatic rings. The minimum atomic E-state index is -4.93. The van der Waals surface area contributed by atoms with Crippen LogP contribution in [0.2, 0.25) is 0 Å². The normalized spacial score (nSPS) is 11.4. The molecule has 9 N–H and O–H groups in total. The van der Waals surface area contributed by atoms with Gasteiger partial charge in [-0.15, -0.1) is 23.2 Å². The van der Waals surface area contributed by atoms with Gasteiger partial charge in [0.05, 0.1) is 61.5 Å². The summed E-state index contributed by atoms with van der Waals surface area (Å²) in [6, 6.07) is 10.5. The predicted octanol–water partition coefficient (Wildman–Crippen LogP) is 6.16. The molecule has 27 heteroatoms. The van der Waals surface area contributed by atoms with Gasteiger partial charge in [0.25, 0.3) is 21.5 Å². The number of phenolic OH excluding ortho intramolecular Hbond substituents is 1. The summed E-state index contributed by atoms with van der Waals surface area (Å²) in [5.41, 5.74) is 10.3. The number of azo groups is 1. The van der Waals surface area contributed by atoms with Gasteiger partial charge in [-0.25, -0.2) is 15.8 Å². The van der Waals surface area contributed by atoms with Crippen molar-refractivity contribution in [3.63, 3.8) is 0 Å². The Kier molecular flexibility index (Phi) is 14.2. The molecule has 0 radical (unpaired) electrons. The van der Waals surface area contributed by atoms with Gasteiger partial charge in [-0.05, 0) is 35.7 Å². The number of hydrogen-bond acceptors (Lipinski definition) is 23. The van der Waals surface area contributed by atoms with Gasteiger partial charge in [-0.3, -0.25) is 24.8 Å². The van der Waals surface area contributed by atoms with Crippen LogP contribution in [0.5, 0.6) is 5.75 Å². The highest BCUT2D eigenvalue weighted by atomic mass is 32.2. The van der Waals surface area contributed by atoms with E-state index in [1.54, 1.807) is 0 Å². The Morgan fingerprint density at radius 1 is 0.755 bits per heavy atom. The quantitative estimate of drug-likeness (QED) is 0.0144. The van der Waals surface area contributed by atoms with Crippen LogP contribution in [-0.2, 0) is 38.2 Å². The maximum Gasteiger partial charge on any atom is 0.296 e. The molecule has 0 aromatic heterocycles. The average molecular weight is 767 g/mol. The van der Waals surface area contributed by atoms with E-state index in [0.29, 0.717) is 36.1 Å². The first-order valence-electron chi connectivity index (χ1n) is 12.0. The number of non-ortho nitro benzene ring substituents is 2. The van der Waals surface area contributed by atoms with E-state index in [-0.39, 0.29) is 48.2 Å². The maximum atomic E-state index is 12.0. The molecule has 4 rings (SSSR count). The van der Waals surface area contributed by atoms with Crippen molar-refractivity contribution >= 4 is 91.1 Å². The molecule has 49 heavy (non-hydrogen) atoms. The molecule has 0 bridgehead atoms. The van der Waals surface area contributed by atoms with Crippen molar-refractivity contribution in [2.24, 2.45) is 10.2 Å². The van der Waals surface area contributed by atoms with Gasteiger partial charge in [-0.2, -0.15) is 8.42 Å². The summed E-state index contributed by atoms with van der Waals surface area (Å²) in [7, 11) is -4.93. The number of nitrogens with two attached hydrogens (primary N) is 2. The standard InChI is InChI=1S/C16H12N4O12S3.C6H6N2O5S/c17-15-14-7(3-9(6-11(14)21)33-31-29-24)4-13(35(26,27)28)16(15)19-18-10-2-1-8(20(22)23)5-12(10)34-32-30-25;7-5-2-1-4(8(9)10)3-6(5)14-13-12-11/h1-6,21,24-25H,17H2,(H,26,27,28);1-3,11H,7H2. The summed E-state index contributed by atoms with van der Waals surface area (Å²) in [5.74, 6) is -0.442. The van der Waals surface area contributed by atoms with Crippen LogP contribution in [0.4, 0.5) is 34.1 Å². The zero-order valence-corrected chi connectivity index (χ0v) is 26.7. The van der Waals surface area contributed by atoms with E-state index >= 15 is 0 Å². The fourth-order valence-corrected chi connectivity index (χ4v) is 5.59. The van der Waals surface area contributed by atoms with Gasteiger partial charge in [0.1, 0.15) is 22.0 Å². The van der Waals surface area contributed by atoms with E-state index in [0.717, 1.165) is 30.3 Å². The molecule has 0 aliphatic carbocycles. The molecule has 0 amide bonds. The molecule has 262 valence electrons. The third kappa shape index (κ3) is 10.5. The summed E-state index contributed by atoms with van der Waals surface area (Å²) >= 11 is 1.38. The second-order valence-electron chi connectivity index (χ2n) is 8.42. The average Bonchev–Trinajstić information content (AvgIpc) is 3.05. The number of nitro groups is 2. The summed E-state index contributed by atoms with van der Waals surface area (Å²) < 4.78 is 46.5. The minimum Gasteiger partial charge on any atom is -0.507 e. The van der Waals surface area contributed by atoms with Gasteiger partial charge in [0.2, 0.25) is 0 Å². The van der Waals surface area contributed by atoms with Gasteiger partial charge < -0.3 is 16.6 Å². The van der Waals surface area contributed by atoms with Crippen molar-refractivity contribution in [2.45, 2.75) is 19.6 Å². The lowest BCUT2D eigenvalue weighted by molar-refractivity contribution is -0.432. The van der Waals surface area contributed by atoms with Crippen molar-refractivity contribution in [1.82, 2.24) is 0 Å². The Morgan fingerprint density at radius 2 is 1.31 bits per heavy atom. The van der Waals surface area contributed by atoms with Crippen LogP contribution < -0.4 is 11.5 Å². The highest BCUT2D eigenvalue weighted by Gasteiger charge is 2.23. The van der Waals surface area contributed by atoms with Crippen LogP contribution in [0.1, 0.15) is 0 Å². The Bertz CT molecular complexity index is 1990. The first-order chi connectivity index (χ1) is 23.2. The summed E-state index contributed by atoms with van der Waals surface area (Å²) in [6.07, 6.45) is 0. The van der Waals surface area contributed by atoms with E-state index in [9.17, 15) is 38.3 Å². The Morgan fingerprint density at radius 3 is 1.88 bits per heavy atom. The maximum absolute atomic E-state index is 12.0. The van der Waals surface area contributed by atoms with Crippen LogP contribution in [0.3, 0.4) is 0 Å². The lowest BCUT2D eigenvalue weighted by Gasteiger charge is -2.12.